The Morgan fingerprint density at radius 1 is 1.54 bits per heavy atom. The summed E-state index contributed by atoms with van der Waals surface area (Å²) < 4.78 is 0. The average molecular weight is 243 g/mol. The van der Waals surface area contributed by atoms with Gasteiger partial charge < -0.3 is 4.90 Å². The van der Waals surface area contributed by atoms with E-state index < -0.39 is 0 Å². The van der Waals surface area contributed by atoms with Crippen LogP contribution in [0.5, 0.6) is 0 Å². The van der Waals surface area contributed by atoms with Gasteiger partial charge in [-0.05, 0) is 25.5 Å². The minimum Gasteiger partial charge on any atom is -0.371 e. The molecule has 0 aliphatic rings. The maximum absolute atomic E-state index is 4.08. The molecule has 0 amide bonds. The molecule has 0 saturated carbocycles. The second-order valence-electron chi connectivity index (χ2n) is 2.93. The van der Waals surface area contributed by atoms with Crippen molar-refractivity contribution in [2.45, 2.75) is 13.8 Å². The van der Waals surface area contributed by atoms with E-state index in [0.717, 1.165) is 18.4 Å². The molecule has 3 heteroatoms. The van der Waals surface area contributed by atoms with Gasteiger partial charge in [0.25, 0.3) is 0 Å². The Morgan fingerprint density at radius 2 is 2.31 bits per heavy atom. The minimum absolute atomic E-state index is 1.00. The molecule has 0 fully saturated rings. The molecule has 2 nitrogen and oxygen atoms in total. The topological polar surface area (TPSA) is 16.1 Å². The Bertz CT molecular complexity index is 263. The van der Waals surface area contributed by atoms with Crippen molar-refractivity contribution in [3.8, 4) is 0 Å². The third-order valence-corrected chi connectivity index (χ3v) is 2.42. The Hall–Kier alpha value is -0.570. The summed E-state index contributed by atoms with van der Waals surface area (Å²) in [5.41, 5.74) is 2.53. The SMILES string of the molecule is CCN(CCBr)c1ccncc1C. The predicted octanol–water partition coefficient (Wildman–Crippen LogP) is 2.61. The van der Waals surface area contributed by atoms with Crippen LogP contribution in [0.2, 0.25) is 0 Å². The summed E-state index contributed by atoms with van der Waals surface area (Å²) in [4.78, 5) is 6.42. The van der Waals surface area contributed by atoms with E-state index in [1.54, 1.807) is 0 Å². The van der Waals surface area contributed by atoms with Gasteiger partial charge in [-0.3, -0.25) is 4.98 Å². The second-order valence-corrected chi connectivity index (χ2v) is 3.72. The minimum atomic E-state index is 1.00. The van der Waals surface area contributed by atoms with Crippen molar-refractivity contribution >= 4 is 21.6 Å². The molecule has 1 rings (SSSR count). The van der Waals surface area contributed by atoms with E-state index in [4.69, 9.17) is 0 Å². The van der Waals surface area contributed by atoms with Crippen molar-refractivity contribution in [2.24, 2.45) is 0 Å². The highest BCUT2D eigenvalue weighted by Gasteiger charge is 2.05. The quantitative estimate of drug-likeness (QED) is 0.755. The molecule has 0 aliphatic heterocycles. The molecule has 0 unspecified atom stereocenters. The lowest BCUT2D eigenvalue weighted by molar-refractivity contribution is 0.868. The summed E-state index contributed by atoms with van der Waals surface area (Å²) in [5, 5.41) is 1.00. The summed E-state index contributed by atoms with van der Waals surface area (Å²) in [6, 6.07) is 2.07. The predicted molar refractivity (Wildman–Crippen MR) is 60.7 cm³/mol. The summed E-state index contributed by atoms with van der Waals surface area (Å²) in [7, 11) is 0. The third-order valence-electron chi connectivity index (χ3n) is 2.07. The van der Waals surface area contributed by atoms with Crippen LogP contribution in [0.4, 0.5) is 5.69 Å². The van der Waals surface area contributed by atoms with Gasteiger partial charge >= 0.3 is 0 Å². The lowest BCUT2D eigenvalue weighted by Crippen LogP contribution is -2.25. The van der Waals surface area contributed by atoms with Crippen molar-refractivity contribution in [1.29, 1.82) is 0 Å². The van der Waals surface area contributed by atoms with E-state index >= 15 is 0 Å². The Balaban J connectivity index is 2.84. The number of anilines is 1. The average Bonchev–Trinajstić information content (AvgIpc) is 2.16. The summed E-state index contributed by atoms with van der Waals surface area (Å²) >= 11 is 3.46. The molecular weight excluding hydrogens is 228 g/mol. The van der Waals surface area contributed by atoms with E-state index in [0.29, 0.717) is 0 Å². The molecule has 1 heterocycles. The Morgan fingerprint density at radius 3 is 2.85 bits per heavy atom. The van der Waals surface area contributed by atoms with Gasteiger partial charge in [0.15, 0.2) is 0 Å². The zero-order chi connectivity index (χ0) is 9.68. The number of alkyl halides is 1. The molecule has 0 saturated heterocycles. The van der Waals surface area contributed by atoms with E-state index in [9.17, 15) is 0 Å². The van der Waals surface area contributed by atoms with Gasteiger partial charge in [-0.1, -0.05) is 15.9 Å². The van der Waals surface area contributed by atoms with Gasteiger partial charge in [0.1, 0.15) is 0 Å². The molecular formula is C10H15BrN2. The lowest BCUT2D eigenvalue weighted by Gasteiger charge is -2.23. The van der Waals surface area contributed by atoms with Gasteiger partial charge in [-0.15, -0.1) is 0 Å². The zero-order valence-electron chi connectivity index (χ0n) is 8.13. The molecule has 0 spiro atoms. The fourth-order valence-electron chi connectivity index (χ4n) is 1.37. The highest BCUT2D eigenvalue weighted by molar-refractivity contribution is 9.09. The number of hydrogen-bond acceptors (Lipinski definition) is 2. The van der Waals surface area contributed by atoms with Crippen molar-refractivity contribution in [1.82, 2.24) is 4.98 Å². The molecule has 13 heavy (non-hydrogen) atoms. The normalized spacial score (nSPS) is 10.1. The van der Waals surface area contributed by atoms with Gasteiger partial charge in [0.2, 0.25) is 0 Å². The molecule has 0 radical (unpaired) electrons. The third kappa shape index (κ3) is 2.69. The van der Waals surface area contributed by atoms with Crippen molar-refractivity contribution in [3.05, 3.63) is 24.0 Å². The highest BCUT2D eigenvalue weighted by Crippen LogP contribution is 2.17. The number of nitrogens with zero attached hydrogens (tertiary/aromatic N) is 2. The largest absolute Gasteiger partial charge is 0.371 e. The number of hydrogen-bond donors (Lipinski definition) is 0. The van der Waals surface area contributed by atoms with E-state index in [1.807, 2.05) is 12.4 Å². The molecule has 1 aromatic heterocycles. The first-order chi connectivity index (χ1) is 6.29. The maximum atomic E-state index is 4.08. The first-order valence-electron chi connectivity index (χ1n) is 4.51. The van der Waals surface area contributed by atoms with Crippen LogP contribution in [-0.4, -0.2) is 23.4 Å². The number of aryl methyl sites for hydroxylation is 1. The van der Waals surface area contributed by atoms with Crippen molar-refractivity contribution < 1.29 is 0 Å². The van der Waals surface area contributed by atoms with Gasteiger partial charge in [-0.2, -0.15) is 0 Å². The van der Waals surface area contributed by atoms with Crippen molar-refractivity contribution in [2.75, 3.05) is 23.3 Å². The number of rotatable bonds is 4. The second kappa shape index (κ2) is 5.22. The van der Waals surface area contributed by atoms with Crippen LogP contribution in [-0.2, 0) is 0 Å². The van der Waals surface area contributed by atoms with Crippen LogP contribution in [0.15, 0.2) is 18.5 Å². The fourth-order valence-corrected chi connectivity index (χ4v) is 1.80. The van der Waals surface area contributed by atoms with Crippen LogP contribution < -0.4 is 4.90 Å². The van der Waals surface area contributed by atoms with E-state index in [2.05, 4.69) is 45.7 Å². The van der Waals surface area contributed by atoms with Gasteiger partial charge in [0.05, 0.1) is 0 Å². The molecule has 1 aromatic rings. The first kappa shape index (κ1) is 10.5. The fraction of sp³-hybridized carbons (Fsp3) is 0.500. The standard InChI is InChI=1S/C10H15BrN2/c1-3-13(7-5-11)10-4-6-12-8-9(10)2/h4,6,8H,3,5,7H2,1-2H3. The molecule has 0 aliphatic carbocycles. The summed E-state index contributed by atoms with van der Waals surface area (Å²) in [5.74, 6) is 0. The number of pyridine rings is 1. The van der Waals surface area contributed by atoms with Crippen LogP contribution >= 0.6 is 15.9 Å². The van der Waals surface area contributed by atoms with Crippen LogP contribution in [0.1, 0.15) is 12.5 Å². The number of aromatic nitrogens is 1. The van der Waals surface area contributed by atoms with Crippen LogP contribution in [0.25, 0.3) is 0 Å². The molecule has 0 N–H and O–H groups in total. The van der Waals surface area contributed by atoms with Gasteiger partial charge in [-0.25, -0.2) is 0 Å². The molecule has 0 atom stereocenters. The molecule has 72 valence electrons. The molecule has 0 aromatic carbocycles. The summed E-state index contributed by atoms with van der Waals surface area (Å²) in [6.45, 7) is 6.35. The lowest BCUT2D eigenvalue weighted by atomic mass is 10.2. The molecule has 0 bridgehead atoms. The highest BCUT2D eigenvalue weighted by atomic mass is 79.9. The van der Waals surface area contributed by atoms with Gasteiger partial charge in [0, 0.05) is 36.5 Å². The Labute approximate surface area is 88.1 Å². The zero-order valence-corrected chi connectivity index (χ0v) is 9.71. The monoisotopic (exact) mass is 242 g/mol. The Kier molecular flexibility index (Phi) is 4.22. The van der Waals surface area contributed by atoms with Crippen LogP contribution in [0, 0.1) is 6.92 Å². The van der Waals surface area contributed by atoms with E-state index in [1.165, 1.54) is 11.3 Å². The first-order valence-corrected chi connectivity index (χ1v) is 5.63. The van der Waals surface area contributed by atoms with Crippen LogP contribution in [0.3, 0.4) is 0 Å². The summed E-state index contributed by atoms with van der Waals surface area (Å²) in [6.07, 6.45) is 3.76. The smallest absolute Gasteiger partial charge is 0.0426 e. The van der Waals surface area contributed by atoms with Crippen molar-refractivity contribution in [3.63, 3.8) is 0 Å². The maximum Gasteiger partial charge on any atom is 0.0426 e. The van der Waals surface area contributed by atoms with E-state index in [-0.39, 0.29) is 0 Å². The number of halogens is 1.